The number of nitrogens with zero attached hydrogens (tertiary/aromatic N) is 4. The van der Waals surface area contributed by atoms with E-state index in [0.29, 0.717) is 47.3 Å². The Labute approximate surface area is 152 Å². The van der Waals surface area contributed by atoms with Gasteiger partial charge in [0.25, 0.3) is 5.91 Å². The summed E-state index contributed by atoms with van der Waals surface area (Å²) in [5.41, 5.74) is 1.91. The second-order valence-corrected chi connectivity index (χ2v) is 7.19. The number of nitrogens with one attached hydrogen (secondary N) is 1. The maximum atomic E-state index is 12.4. The van der Waals surface area contributed by atoms with E-state index in [9.17, 15) is 14.9 Å². The minimum atomic E-state index is -0.364. The number of rotatable bonds is 3. The topological polar surface area (TPSA) is 108 Å². The number of nitriles is 1. The number of fused-ring (bicyclic) bond motifs is 1. The van der Waals surface area contributed by atoms with Crippen molar-refractivity contribution in [3.63, 3.8) is 0 Å². The molecule has 3 rings (SSSR count). The fourth-order valence-electron chi connectivity index (χ4n) is 2.58. The van der Waals surface area contributed by atoms with Crippen molar-refractivity contribution in [1.29, 1.82) is 5.26 Å². The predicted molar refractivity (Wildman–Crippen MR) is 92.8 cm³/mol. The van der Waals surface area contributed by atoms with E-state index in [1.807, 2.05) is 0 Å². The number of aromatic nitrogens is 2. The number of ether oxygens (including phenoxy) is 1. The molecular weight excluding hydrogens is 362 g/mol. The molecule has 25 heavy (non-hydrogen) atoms. The Kier molecular flexibility index (Phi) is 4.96. The highest BCUT2D eigenvalue weighted by Crippen LogP contribution is 2.37. The number of anilines is 1. The molecule has 0 bridgehead atoms. The lowest BCUT2D eigenvalue weighted by Crippen LogP contribution is -2.35. The average Bonchev–Trinajstić information content (AvgIpc) is 3.17. The molecule has 0 unspecified atom stereocenters. The number of amides is 2. The molecular formula is C15H15N5O3S2. The van der Waals surface area contributed by atoms with Gasteiger partial charge < -0.3 is 15.0 Å². The van der Waals surface area contributed by atoms with Crippen molar-refractivity contribution in [2.45, 2.75) is 26.8 Å². The van der Waals surface area contributed by atoms with Gasteiger partial charge in [-0.2, -0.15) is 5.26 Å². The number of aryl methyl sites for hydroxylation is 1. The van der Waals surface area contributed by atoms with Crippen molar-refractivity contribution in [2.75, 3.05) is 18.5 Å². The van der Waals surface area contributed by atoms with Crippen molar-refractivity contribution in [3.05, 3.63) is 26.6 Å². The second kappa shape index (κ2) is 7.16. The van der Waals surface area contributed by atoms with Crippen molar-refractivity contribution in [3.8, 4) is 6.07 Å². The van der Waals surface area contributed by atoms with Gasteiger partial charge in [0.05, 0.1) is 24.4 Å². The van der Waals surface area contributed by atoms with Gasteiger partial charge in [0.15, 0.2) is 0 Å². The predicted octanol–water partition coefficient (Wildman–Crippen LogP) is 2.55. The molecule has 0 saturated carbocycles. The molecule has 10 heteroatoms. The maximum Gasteiger partial charge on any atom is 0.410 e. The summed E-state index contributed by atoms with van der Waals surface area (Å²) in [7, 11) is 0. The van der Waals surface area contributed by atoms with Crippen LogP contribution >= 0.6 is 22.9 Å². The highest BCUT2D eigenvalue weighted by atomic mass is 32.1. The molecule has 0 saturated heterocycles. The van der Waals surface area contributed by atoms with E-state index in [4.69, 9.17) is 4.74 Å². The van der Waals surface area contributed by atoms with Gasteiger partial charge in [0, 0.05) is 11.4 Å². The summed E-state index contributed by atoms with van der Waals surface area (Å²) in [5, 5.41) is 16.6. The molecule has 2 aromatic rings. The zero-order valence-corrected chi connectivity index (χ0v) is 15.3. The van der Waals surface area contributed by atoms with Crippen LogP contribution in [0, 0.1) is 18.3 Å². The first-order valence-corrected chi connectivity index (χ1v) is 9.20. The zero-order valence-electron chi connectivity index (χ0n) is 13.7. The Morgan fingerprint density at radius 1 is 1.48 bits per heavy atom. The summed E-state index contributed by atoms with van der Waals surface area (Å²) < 4.78 is 8.78. The molecule has 0 spiro atoms. The molecule has 0 aromatic carbocycles. The van der Waals surface area contributed by atoms with E-state index in [1.54, 1.807) is 18.7 Å². The lowest BCUT2D eigenvalue weighted by molar-refractivity contribution is 0.102. The molecule has 0 fully saturated rings. The third-order valence-electron chi connectivity index (χ3n) is 3.78. The summed E-state index contributed by atoms with van der Waals surface area (Å²) in [6, 6.07) is 2.17. The molecule has 1 aliphatic rings. The highest BCUT2D eigenvalue weighted by molar-refractivity contribution is 7.17. The molecule has 2 amide bonds. The average molecular weight is 377 g/mol. The Bertz CT molecular complexity index is 867. The largest absolute Gasteiger partial charge is 0.450 e. The zero-order chi connectivity index (χ0) is 18.0. The molecule has 0 radical (unpaired) electrons. The summed E-state index contributed by atoms with van der Waals surface area (Å²) in [6.45, 7) is 4.66. The van der Waals surface area contributed by atoms with Crippen LogP contribution in [0.3, 0.4) is 0 Å². The van der Waals surface area contributed by atoms with E-state index in [1.165, 1.54) is 11.3 Å². The van der Waals surface area contributed by atoms with Crippen LogP contribution in [0.4, 0.5) is 9.80 Å². The Morgan fingerprint density at radius 3 is 2.92 bits per heavy atom. The van der Waals surface area contributed by atoms with Gasteiger partial charge >= 0.3 is 6.09 Å². The van der Waals surface area contributed by atoms with Gasteiger partial charge in [-0.05, 0) is 37.4 Å². The maximum absolute atomic E-state index is 12.4. The first-order valence-electron chi connectivity index (χ1n) is 7.61. The standard InChI is InChI=1S/C15H15N5O3S2/c1-3-23-15(22)20-5-4-9-10(6-16)14(24-11(9)7-20)17-13(21)12-8(2)18-19-25-12/h3-5,7H2,1-2H3,(H,17,21). The Morgan fingerprint density at radius 2 is 2.28 bits per heavy atom. The third-order valence-corrected chi connectivity index (χ3v) is 5.74. The van der Waals surface area contributed by atoms with Crippen LogP contribution in [-0.2, 0) is 17.7 Å². The summed E-state index contributed by atoms with van der Waals surface area (Å²) >= 11 is 2.33. The fourth-order valence-corrected chi connectivity index (χ4v) is 4.34. The van der Waals surface area contributed by atoms with Gasteiger partial charge in [0.1, 0.15) is 15.9 Å². The second-order valence-electron chi connectivity index (χ2n) is 5.33. The van der Waals surface area contributed by atoms with Crippen LogP contribution in [0.25, 0.3) is 0 Å². The lowest BCUT2D eigenvalue weighted by atomic mass is 10.0. The lowest BCUT2D eigenvalue weighted by Gasteiger charge is -2.25. The van der Waals surface area contributed by atoms with E-state index < -0.39 is 0 Å². The van der Waals surface area contributed by atoms with Crippen LogP contribution in [0.5, 0.6) is 0 Å². The van der Waals surface area contributed by atoms with E-state index in [2.05, 4.69) is 21.0 Å². The first-order chi connectivity index (χ1) is 12.0. The Hall–Kier alpha value is -2.51. The van der Waals surface area contributed by atoms with Crippen LogP contribution in [0.2, 0.25) is 0 Å². The van der Waals surface area contributed by atoms with Crippen LogP contribution in [-0.4, -0.2) is 39.6 Å². The monoisotopic (exact) mass is 377 g/mol. The normalized spacial score (nSPS) is 13.1. The molecule has 2 aromatic heterocycles. The van der Waals surface area contributed by atoms with Gasteiger partial charge in [0.2, 0.25) is 0 Å². The number of carbonyl (C=O) groups is 2. The molecule has 8 nitrogen and oxygen atoms in total. The van der Waals surface area contributed by atoms with E-state index in [-0.39, 0.29) is 12.0 Å². The van der Waals surface area contributed by atoms with Crippen LogP contribution in [0.15, 0.2) is 0 Å². The van der Waals surface area contributed by atoms with Gasteiger partial charge in [-0.3, -0.25) is 4.79 Å². The molecule has 0 atom stereocenters. The smallest absolute Gasteiger partial charge is 0.410 e. The van der Waals surface area contributed by atoms with Gasteiger partial charge in [-0.15, -0.1) is 16.4 Å². The first kappa shape index (κ1) is 17.3. The van der Waals surface area contributed by atoms with Crippen molar-refractivity contribution < 1.29 is 14.3 Å². The summed E-state index contributed by atoms with van der Waals surface area (Å²) in [5.74, 6) is -0.329. The van der Waals surface area contributed by atoms with Crippen LogP contribution < -0.4 is 5.32 Å². The van der Waals surface area contributed by atoms with Gasteiger partial charge in [-0.1, -0.05) is 4.49 Å². The molecule has 1 N–H and O–H groups in total. The summed E-state index contributed by atoms with van der Waals surface area (Å²) in [4.78, 5) is 27.2. The number of carbonyl (C=O) groups excluding carboxylic acids is 2. The molecule has 0 aliphatic carbocycles. The molecule has 130 valence electrons. The van der Waals surface area contributed by atoms with Crippen LogP contribution in [0.1, 0.15) is 38.3 Å². The Balaban J connectivity index is 1.84. The minimum absolute atomic E-state index is 0.319. The fraction of sp³-hybridized carbons (Fsp3) is 0.400. The quantitative estimate of drug-likeness (QED) is 0.880. The van der Waals surface area contributed by atoms with E-state index >= 15 is 0 Å². The molecule has 1 aliphatic heterocycles. The highest BCUT2D eigenvalue weighted by Gasteiger charge is 2.28. The minimum Gasteiger partial charge on any atom is -0.450 e. The number of hydrogen-bond acceptors (Lipinski definition) is 8. The van der Waals surface area contributed by atoms with Crippen molar-refractivity contribution in [1.82, 2.24) is 14.5 Å². The molecule has 3 heterocycles. The SMILES string of the molecule is CCOC(=O)N1CCc2c(sc(NC(=O)c3snnc3C)c2C#N)C1. The van der Waals surface area contributed by atoms with Crippen molar-refractivity contribution in [2.24, 2.45) is 0 Å². The number of hydrogen-bond donors (Lipinski definition) is 1. The van der Waals surface area contributed by atoms with E-state index in [0.717, 1.165) is 22.0 Å². The van der Waals surface area contributed by atoms with Gasteiger partial charge in [-0.25, -0.2) is 4.79 Å². The third kappa shape index (κ3) is 3.33. The summed E-state index contributed by atoms with van der Waals surface area (Å²) in [6.07, 6.45) is 0.196. The van der Waals surface area contributed by atoms with Crippen molar-refractivity contribution >= 4 is 39.9 Å². The number of thiophene rings is 1.